The molecule has 15 heavy (non-hydrogen) atoms. The first-order valence-corrected chi connectivity index (χ1v) is 5.65. The number of benzene rings is 1. The van der Waals surface area contributed by atoms with Crippen LogP contribution in [0, 0.1) is 0 Å². The minimum atomic E-state index is -0.735. The molecule has 1 aromatic rings. The van der Waals surface area contributed by atoms with Crippen molar-refractivity contribution in [3.05, 3.63) is 34.9 Å². The summed E-state index contributed by atoms with van der Waals surface area (Å²) in [6.45, 7) is 1.37. The molecular formula is C12H15ClO2. The molecule has 1 heterocycles. The second-order valence-corrected chi connectivity index (χ2v) is 4.44. The first kappa shape index (κ1) is 10.9. The maximum atomic E-state index is 10.5. The van der Waals surface area contributed by atoms with Crippen molar-refractivity contribution in [3.8, 4) is 0 Å². The van der Waals surface area contributed by atoms with Gasteiger partial charge in [-0.1, -0.05) is 23.7 Å². The quantitative estimate of drug-likeness (QED) is 0.798. The van der Waals surface area contributed by atoms with Crippen molar-refractivity contribution in [3.63, 3.8) is 0 Å². The van der Waals surface area contributed by atoms with Gasteiger partial charge in [-0.3, -0.25) is 0 Å². The van der Waals surface area contributed by atoms with Crippen LogP contribution in [0.2, 0.25) is 5.02 Å². The summed E-state index contributed by atoms with van der Waals surface area (Å²) in [5, 5.41) is 11.2. The van der Waals surface area contributed by atoms with Crippen molar-refractivity contribution in [2.24, 2.45) is 0 Å². The van der Waals surface area contributed by atoms with Crippen LogP contribution in [0.3, 0.4) is 0 Å². The van der Waals surface area contributed by atoms with Gasteiger partial charge in [-0.2, -0.15) is 0 Å². The third kappa shape index (κ3) is 2.51. The molecule has 1 aliphatic rings. The fourth-order valence-electron chi connectivity index (χ4n) is 1.98. The van der Waals surface area contributed by atoms with Gasteiger partial charge in [0.05, 0.1) is 5.60 Å². The van der Waals surface area contributed by atoms with Crippen molar-refractivity contribution in [1.82, 2.24) is 0 Å². The molecule has 1 aromatic carbocycles. The van der Waals surface area contributed by atoms with Crippen LogP contribution in [0.15, 0.2) is 24.3 Å². The van der Waals surface area contributed by atoms with Crippen molar-refractivity contribution in [1.29, 1.82) is 0 Å². The average molecular weight is 227 g/mol. The summed E-state index contributed by atoms with van der Waals surface area (Å²) in [6.07, 6.45) is 2.32. The summed E-state index contributed by atoms with van der Waals surface area (Å²) in [5.41, 5.74) is 0.207. The van der Waals surface area contributed by atoms with E-state index in [1.54, 1.807) is 0 Å². The van der Waals surface area contributed by atoms with E-state index in [9.17, 15) is 5.11 Å². The largest absolute Gasteiger partial charge is 0.385 e. The predicted molar refractivity (Wildman–Crippen MR) is 60.0 cm³/mol. The monoisotopic (exact) mass is 226 g/mol. The minimum Gasteiger partial charge on any atom is -0.385 e. The normalized spacial score (nSPS) is 27.3. The maximum absolute atomic E-state index is 10.5. The summed E-state index contributed by atoms with van der Waals surface area (Å²) < 4.78 is 5.35. The molecule has 0 saturated carbocycles. The van der Waals surface area contributed by atoms with E-state index >= 15 is 0 Å². The lowest BCUT2D eigenvalue weighted by Crippen LogP contribution is -2.25. The molecule has 0 bridgehead atoms. The van der Waals surface area contributed by atoms with Gasteiger partial charge in [0.15, 0.2) is 0 Å². The second-order valence-electron chi connectivity index (χ2n) is 4.00. The molecule has 2 rings (SSSR count). The van der Waals surface area contributed by atoms with Gasteiger partial charge in [-0.05, 0) is 30.5 Å². The number of ether oxygens (including phenoxy) is 1. The van der Waals surface area contributed by atoms with Crippen molar-refractivity contribution >= 4 is 11.6 Å². The molecule has 82 valence electrons. The topological polar surface area (TPSA) is 29.5 Å². The number of hydrogen-bond acceptors (Lipinski definition) is 2. The lowest BCUT2D eigenvalue weighted by atomic mass is 9.87. The Balaban J connectivity index is 2.22. The van der Waals surface area contributed by atoms with Crippen LogP contribution in [0.25, 0.3) is 0 Å². The smallest absolute Gasteiger partial charge is 0.0919 e. The van der Waals surface area contributed by atoms with Crippen LogP contribution in [0.5, 0.6) is 0 Å². The first-order chi connectivity index (χ1) is 7.21. The van der Waals surface area contributed by atoms with Crippen molar-refractivity contribution in [2.45, 2.75) is 24.9 Å². The fourth-order valence-corrected chi connectivity index (χ4v) is 2.11. The zero-order valence-corrected chi connectivity index (χ0v) is 9.33. The van der Waals surface area contributed by atoms with Crippen LogP contribution in [-0.2, 0) is 10.3 Å². The minimum absolute atomic E-state index is 0.624. The lowest BCUT2D eigenvalue weighted by Gasteiger charge is -2.26. The summed E-state index contributed by atoms with van der Waals surface area (Å²) in [4.78, 5) is 0. The van der Waals surface area contributed by atoms with E-state index < -0.39 is 5.60 Å². The highest BCUT2D eigenvalue weighted by molar-refractivity contribution is 6.30. The molecule has 0 amide bonds. The van der Waals surface area contributed by atoms with Crippen LogP contribution in [0.1, 0.15) is 24.8 Å². The Kier molecular flexibility index (Phi) is 3.29. The van der Waals surface area contributed by atoms with E-state index in [4.69, 9.17) is 16.3 Å². The molecule has 0 aliphatic carbocycles. The van der Waals surface area contributed by atoms with Gasteiger partial charge in [0.2, 0.25) is 0 Å². The third-order valence-corrected chi connectivity index (χ3v) is 3.17. The maximum Gasteiger partial charge on any atom is 0.0919 e. The van der Waals surface area contributed by atoms with Gasteiger partial charge in [0.25, 0.3) is 0 Å². The van der Waals surface area contributed by atoms with E-state index in [0.717, 1.165) is 25.0 Å². The molecule has 0 aromatic heterocycles. The van der Waals surface area contributed by atoms with Gasteiger partial charge in [-0.25, -0.2) is 0 Å². The van der Waals surface area contributed by atoms with Crippen LogP contribution in [0.4, 0.5) is 0 Å². The van der Waals surface area contributed by atoms with Crippen molar-refractivity contribution in [2.75, 3.05) is 13.2 Å². The summed E-state index contributed by atoms with van der Waals surface area (Å²) in [7, 11) is 0. The Bertz CT molecular complexity index is 313. The molecule has 1 atom stereocenters. The SMILES string of the molecule is OC1(c2ccc(Cl)cc2)CCCOCC1. The van der Waals surface area contributed by atoms with Crippen LogP contribution >= 0.6 is 11.6 Å². The molecule has 2 nitrogen and oxygen atoms in total. The van der Waals surface area contributed by atoms with E-state index in [1.807, 2.05) is 24.3 Å². The third-order valence-electron chi connectivity index (χ3n) is 2.92. The van der Waals surface area contributed by atoms with Gasteiger partial charge in [-0.15, -0.1) is 0 Å². The van der Waals surface area contributed by atoms with Gasteiger partial charge in [0.1, 0.15) is 0 Å². The van der Waals surface area contributed by atoms with E-state index in [0.29, 0.717) is 18.1 Å². The number of aliphatic hydroxyl groups is 1. The zero-order valence-electron chi connectivity index (χ0n) is 8.58. The van der Waals surface area contributed by atoms with Crippen molar-refractivity contribution < 1.29 is 9.84 Å². The highest BCUT2D eigenvalue weighted by Gasteiger charge is 2.30. The highest BCUT2D eigenvalue weighted by atomic mass is 35.5. The predicted octanol–water partition coefficient (Wildman–Crippen LogP) is 2.73. The highest BCUT2D eigenvalue weighted by Crippen LogP contribution is 2.32. The lowest BCUT2D eigenvalue weighted by molar-refractivity contribution is 0.0144. The summed E-state index contributed by atoms with van der Waals surface area (Å²) in [6, 6.07) is 7.43. The van der Waals surface area contributed by atoms with E-state index in [-0.39, 0.29) is 0 Å². The second kappa shape index (κ2) is 4.52. The number of rotatable bonds is 1. The summed E-state index contributed by atoms with van der Waals surface area (Å²) >= 11 is 5.82. The molecular weight excluding hydrogens is 212 g/mol. The number of halogens is 1. The number of hydrogen-bond donors (Lipinski definition) is 1. The van der Waals surface area contributed by atoms with E-state index in [2.05, 4.69) is 0 Å². The van der Waals surface area contributed by atoms with Gasteiger partial charge < -0.3 is 9.84 Å². The van der Waals surface area contributed by atoms with Gasteiger partial charge in [0, 0.05) is 24.7 Å². The molecule has 1 unspecified atom stereocenters. The Morgan fingerprint density at radius 2 is 1.87 bits per heavy atom. The van der Waals surface area contributed by atoms with Gasteiger partial charge >= 0.3 is 0 Å². The molecule has 0 radical (unpaired) electrons. The zero-order chi connectivity index (χ0) is 10.7. The molecule has 3 heteroatoms. The Morgan fingerprint density at radius 3 is 2.60 bits per heavy atom. The molecule has 1 saturated heterocycles. The first-order valence-electron chi connectivity index (χ1n) is 5.27. The Morgan fingerprint density at radius 1 is 1.13 bits per heavy atom. The fraction of sp³-hybridized carbons (Fsp3) is 0.500. The molecule has 1 fully saturated rings. The summed E-state index contributed by atoms with van der Waals surface area (Å²) in [5.74, 6) is 0. The standard InChI is InChI=1S/C12H15ClO2/c13-11-4-2-10(3-5-11)12(14)6-1-8-15-9-7-12/h2-5,14H,1,6-9H2. The molecule has 1 aliphatic heterocycles. The molecule has 0 spiro atoms. The Labute approximate surface area is 94.8 Å². The van der Waals surface area contributed by atoms with Crippen LogP contribution < -0.4 is 0 Å². The Hall–Kier alpha value is -0.570. The molecule has 1 N–H and O–H groups in total. The van der Waals surface area contributed by atoms with E-state index in [1.165, 1.54) is 0 Å². The average Bonchev–Trinajstić information content (AvgIpc) is 2.45. The van der Waals surface area contributed by atoms with Crippen LogP contribution in [-0.4, -0.2) is 18.3 Å².